The molecule has 17 heavy (non-hydrogen) atoms. The van der Waals surface area contributed by atoms with Gasteiger partial charge >= 0.3 is 0 Å². The predicted octanol–water partition coefficient (Wildman–Crippen LogP) is 3.00. The molecule has 2 saturated heterocycles. The van der Waals surface area contributed by atoms with Crippen LogP contribution in [-0.2, 0) is 9.47 Å². The van der Waals surface area contributed by atoms with Crippen LogP contribution in [0, 0.1) is 23.7 Å². The summed E-state index contributed by atoms with van der Waals surface area (Å²) in [6, 6.07) is 0. The number of fused-ring (bicyclic) bond motifs is 3. The van der Waals surface area contributed by atoms with E-state index in [0.717, 1.165) is 29.8 Å². The molecule has 7 unspecified atom stereocenters. The topological polar surface area (TPSA) is 25.1 Å². The molecule has 2 heterocycles. The highest BCUT2D eigenvalue weighted by Gasteiger charge is 2.57. The highest BCUT2D eigenvalue weighted by molar-refractivity contribution is 5.05. The van der Waals surface area contributed by atoms with E-state index >= 15 is 0 Å². The molecule has 0 aromatic rings. The smallest absolute Gasteiger partial charge is 0.0875 e. The van der Waals surface area contributed by atoms with Crippen molar-refractivity contribution in [2.75, 3.05) is 0 Å². The fourth-order valence-electron chi connectivity index (χ4n) is 4.59. The predicted molar refractivity (Wildman–Crippen MR) is 65.7 cm³/mol. The van der Waals surface area contributed by atoms with E-state index in [1.807, 2.05) is 0 Å². The van der Waals surface area contributed by atoms with Crippen LogP contribution < -0.4 is 0 Å². The van der Waals surface area contributed by atoms with Gasteiger partial charge in [-0.2, -0.15) is 0 Å². The number of rotatable bonds is 0. The van der Waals surface area contributed by atoms with E-state index in [4.69, 9.17) is 9.47 Å². The van der Waals surface area contributed by atoms with Crippen LogP contribution in [0.3, 0.4) is 0 Å². The SMILES string of the molecule is CC1CC2CCC1C1OC21.CC1CC2OC2C1. The standard InChI is InChI=1S/C9H14O.C6H10O/c1-5-4-6-2-3-7(5)9-8(6)10-9;1-4-2-5-6(3-4)7-5/h5-9H,2-4H2,1H3;4-6H,2-3H2,1H3. The van der Waals surface area contributed by atoms with Crippen molar-refractivity contribution in [1.29, 1.82) is 0 Å². The molecular weight excluding hydrogens is 212 g/mol. The minimum absolute atomic E-state index is 0.690. The third kappa shape index (κ3) is 1.84. The molecule has 0 aromatic heterocycles. The van der Waals surface area contributed by atoms with Crippen LogP contribution in [0.25, 0.3) is 0 Å². The summed E-state index contributed by atoms with van der Waals surface area (Å²) in [5.74, 6) is 3.80. The zero-order chi connectivity index (χ0) is 11.6. The number of ether oxygens (including phenoxy) is 2. The first-order chi connectivity index (χ1) is 8.22. The summed E-state index contributed by atoms with van der Waals surface area (Å²) in [5, 5.41) is 0. The summed E-state index contributed by atoms with van der Waals surface area (Å²) >= 11 is 0. The van der Waals surface area contributed by atoms with Crippen molar-refractivity contribution in [1.82, 2.24) is 0 Å². The lowest BCUT2D eigenvalue weighted by atomic mass is 9.65. The van der Waals surface area contributed by atoms with Gasteiger partial charge in [0.25, 0.3) is 0 Å². The lowest BCUT2D eigenvalue weighted by Crippen LogP contribution is -2.36. The second-order valence-electron chi connectivity index (χ2n) is 7.07. The van der Waals surface area contributed by atoms with Gasteiger partial charge in [-0.05, 0) is 55.8 Å². The molecule has 4 aliphatic carbocycles. The van der Waals surface area contributed by atoms with Gasteiger partial charge in [-0.25, -0.2) is 0 Å². The number of epoxide rings is 2. The molecule has 2 nitrogen and oxygen atoms in total. The van der Waals surface area contributed by atoms with Crippen LogP contribution in [-0.4, -0.2) is 24.4 Å². The van der Waals surface area contributed by atoms with E-state index in [2.05, 4.69) is 13.8 Å². The quantitative estimate of drug-likeness (QED) is 0.604. The summed E-state index contributed by atoms with van der Waals surface area (Å²) in [6.07, 6.45) is 9.81. The van der Waals surface area contributed by atoms with Gasteiger partial charge in [0.2, 0.25) is 0 Å². The summed E-state index contributed by atoms with van der Waals surface area (Å²) in [7, 11) is 0. The van der Waals surface area contributed by atoms with E-state index in [-0.39, 0.29) is 0 Å². The van der Waals surface area contributed by atoms with Gasteiger partial charge in [-0.1, -0.05) is 13.8 Å². The summed E-state index contributed by atoms with van der Waals surface area (Å²) in [6.45, 7) is 4.70. The molecule has 0 radical (unpaired) electrons. The number of hydrogen-bond donors (Lipinski definition) is 0. The Balaban J connectivity index is 0.000000101. The monoisotopic (exact) mass is 236 g/mol. The fraction of sp³-hybridized carbons (Fsp3) is 1.00. The Kier molecular flexibility index (Phi) is 2.36. The summed E-state index contributed by atoms with van der Waals surface area (Å²) in [5.41, 5.74) is 0. The third-order valence-electron chi connectivity index (χ3n) is 5.68. The molecule has 6 rings (SSSR count). The zero-order valence-corrected chi connectivity index (χ0v) is 11.0. The molecule has 96 valence electrons. The van der Waals surface area contributed by atoms with Crippen LogP contribution in [0.5, 0.6) is 0 Å². The molecule has 2 bridgehead atoms. The van der Waals surface area contributed by atoms with Gasteiger partial charge in [0, 0.05) is 0 Å². The lowest BCUT2D eigenvalue weighted by molar-refractivity contribution is 0.146. The van der Waals surface area contributed by atoms with E-state index in [0.29, 0.717) is 18.3 Å². The lowest BCUT2D eigenvalue weighted by Gasteiger charge is -2.37. The van der Waals surface area contributed by atoms with Crippen LogP contribution >= 0.6 is 0 Å². The second-order valence-corrected chi connectivity index (χ2v) is 7.07. The van der Waals surface area contributed by atoms with Crippen molar-refractivity contribution < 1.29 is 9.47 Å². The highest BCUT2D eigenvalue weighted by Crippen LogP contribution is 2.55. The van der Waals surface area contributed by atoms with Crippen molar-refractivity contribution >= 4 is 0 Å². The van der Waals surface area contributed by atoms with Crippen LogP contribution in [0.4, 0.5) is 0 Å². The third-order valence-corrected chi connectivity index (χ3v) is 5.68. The molecule has 0 spiro atoms. The molecule has 2 aliphatic heterocycles. The first-order valence-corrected chi connectivity index (χ1v) is 7.53. The van der Waals surface area contributed by atoms with Crippen molar-refractivity contribution in [3.63, 3.8) is 0 Å². The van der Waals surface area contributed by atoms with E-state index in [1.54, 1.807) is 0 Å². The molecule has 7 atom stereocenters. The fourth-order valence-corrected chi connectivity index (χ4v) is 4.59. The van der Waals surface area contributed by atoms with Crippen LogP contribution in [0.2, 0.25) is 0 Å². The normalized spacial score (nSPS) is 61.1. The maximum atomic E-state index is 5.64. The van der Waals surface area contributed by atoms with Gasteiger partial charge in [0.15, 0.2) is 0 Å². The van der Waals surface area contributed by atoms with Crippen LogP contribution in [0.1, 0.15) is 46.0 Å². The average molecular weight is 236 g/mol. The average Bonchev–Trinajstić information content (AvgIpc) is 3.18. The molecule has 0 N–H and O–H groups in total. The minimum Gasteiger partial charge on any atom is -0.370 e. The second kappa shape index (κ2) is 3.71. The van der Waals surface area contributed by atoms with Gasteiger partial charge < -0.3 is 9.47 Å². The molecule has 2 heteroatoms. The van der Waals surface area contributed by atoms with Crippen molar-refractivity contribution in [3.05, 3.63) is 0 Å². The molecule has 6 fully saturated rings. The van der Waals surface area contributed by atoms with E-state index in [1.165, 1.54) is 32.1 Å². The molecular formula is C15H24O2. The van der Waals surface area contributed by atoms with Crippen molar-refractivity contribution in [3.8, 4) is 0 Å². The zero-order valence-electron chi connectivity index (χ0n) is 11.0. The Morgan fingerprint density at radius 3 is 2.06 bits per heavy atom. The van der Waals surface area contributed by atoms with Gasteiger partial charge in [0.1, 0.15) is 0 Å². The summed E-state index contributed by atoms with van der Waals surface area (Å²) in [4.78, 5) is 0. The van der Waals surface area contributed by atoms with Crippen molar-refractivity contribution in [2.45, 2.75) is 70.4 Å². The molecule has 4 saturated carbocycles. The molecule has 0 amide bonds. The van der Waals surface area contributed by atoms with Crippen LogP contribution in [0.15, 0.2) is 0 Å². The first kappa shape index (κ1) is 10.8. The molecule has 6 aliphatic rings. The van der Waals surface area contributed by atoms with E-state index in [9.17, 15) is 0 Å². The largest absolute Gasteiger partial charge is 0.370 e. The van der Waals surface area contributed by atoms with Gasteiger partial charge in [0.05, 0.1) is 24.4 Å². The van der Waals surface area contributed by atoms with Gasteiger partial charge in [-0.3, -0.25) is 0 Å². The van der Waals surface area contributed by atoms with E-state index < -0.39 is 0 Å². The Bertz CT molecular complexity index is 304. The maximum absolute atomic E-state index is 5.64. The summed E-state index contributed by atoms with van der Waals surface area (Å²) < 4.78 is 10.9. The minimum atomic E-state index is 0.690. The molecule has 0 aromatic carbocycles. The Labute approximate surface area is 104 Å². The van der Waals surface area contributed by atoms with Gasteiger partial charge in [-0.15, -0.1) is 0 Å². The Morgan fingerprint density at radius 1 is 0.824 bits per heavy atom. The maximum Gasteiger partial charge on any atom is 0.0875 e. The highest BCUT2D eigenvalue weighted by atomic mass is 16.6. The Hall–Kier alpha value is -0.0800. The number of hydrogen-bond acceptors (Lipinski definition) is 2. The Morgan fingerprint density at radius 2 is 1.59 bits per heavy atom. The van der Waals surface area contributed by atoms with Crippen molar-refractivity contribution in [2.24, 2.45) is 23.7 Å². The first-order valence-electron chi connectivity index (χ1n) is 7.53.